The van der Waals surface area contributed by atoms with Crippen molar-refractivity contribution in [2.75, 3.05) is 20.3 Å². The molecule has 136 valence electrons. The summed E-state index contributed by atoms with van der Waals surface area (Å²) in [6.45, 7) is 13.5. The van der Waals surface area contributed by atoms with Crippen LogP contribution in [0.1, 0.15) is 58.7 Å². The second kappa shape index (κ2) is 9.19. The van der Waals surface area contributed by atoms with Gasteiger partial charge in [-0.15, -0.1) is 0 Å². The molecule has 4 nitrogen and oxygen atoms in total. The monoisotopic (exact) mass is 335 g/mol. The van der Waals surface area contributed by atoms with Crippen LogP contribution in [0.5, 0.6) is 0 Å². The summed E-state index contributed by atoms with van der Waals surface area (Å²) in [5.74, 6) is 0.199. The van der Waals surface area contributed by atoms with Gasteiger partial charge < -0.3 is 14.8 Å². The van der Waals surface area contributed by atoms with Crippen molar-refractivity contribution < 1.29 is 14.3 Å². The minimum Gasteiger partial charge on any atom is -0.382 e. The maximum atomic E-state index is 12.4. The topological polar surface area (TPSA) is 47.6 Å². The normalized spacial score (nSPS) is 14.5. The number of carbonyl (C=O) groups is 1. The molecule has 0 aliphatic carbocycles. The van der Waals surface area contributed by atoms with E-state index >= 15 is 0 Å². The molecule has 0 radical (unpaired) electrons. The van der Waals surface area contributed by atoms with Crippen LogP contribution in [0.15, 0.2) is 24.3 Å². The SMILES string of the molecule is COCCOC(C)C(=O)NC(c1ccc(C(C)(C)C)cc1)C(C)C. The molecule has 0 spiro atoms. The van der Waals surface area contributed by atoms with E-state index in [-0.39, 0.29) is 17.4 Å². The Labute approximate surface area is 146 Å². The molecule has 1 rings (SSSR count). The third kappa shape index (κ3) is 6.25. The van der Waals surface area contributed by atoms with E-state index < -0.39 is 6.10 Å². The van der Waals surface area contributed by atoms with E-state index in [1.807, 2.05) is 0 Å². The maximum absolute atomic E-state index is 12.4. The zero-order valence-corrected chi connectivity index (χ0v) is 16.2. The molecule has 0 heterocycles. The average Bonchev–Trinajstić information content (AvgIpc) is 2.51. The van der Waals surface area contributed by atoms with Gasteiger partial charge in [0.25, 0.3) is 0 Å². The summed E-state index contributed by atoms with van der Waals surface area (Å²) in [4.78, 5) is 12.4. The highest BCUT2D eigenvalue weighted by molar-refractivity contribution is 5.80. The molecule has 2 unspecified atom stereocenters. The summed E-state index contributed by atoms with van der Waals surface area (Å²) in [5.41, 5.74) is 2.53. The smallest absolute Gasteiger partial charge is 0.249 e. The fourth-order valence-electron chi connectivity index (χ4n) is 2.48. The molecule has 0 aliphatic rings. The second-order valence-corrected chi connectivity index (χ2v) is 7.61. The van der Waals surface area contributed by atoms with Crippen LogP contribution in [0.4, 0.5) is 0 Å². The number of rotatable bonds is 8. The van der Waals surface area contributed by atoms with E-state index in [1.54, 1.807) is 14.0 Å². The van der Waals surface area contributed by atoms with E-state index in [0.717, 1.165) is 5.56 Å². The number of benzene rings is 1. The summed E-state index contributed by atoms with van der Waals surface area (Å²) in [5, 5.41) is 3.11. The third-order valence-electron chi connectivity index (χ3n) is 4.12. The number of hydrogen-bond acceptors (Lipinski definition) is 3. The van der Waals surface area contributed by atoms with Gasteiger partial charge in [-0.1, -0.05) is 58.9 Å². The molecule has 2 atom stereocenters. The number of ether oxygens (including phenoxy) is 2. The minimum absolute atomic E-state index is 0.0278. The lowest BCUT2D eigenvalue weighted by molar-refractivity contribution is -0.133. The lowest BCUT2D eigenvalue weighted by Gasteiger charge is -2.26. The first-order chi connectivity index (χ1) is 11.2. The largest absolute Gasteiger partial charge is 0.382 e. The van der Waals surface area contributed by atoms with Gasteiger partial charge in [-0.25, -0.2) is 0 Å². The molecule has 1 N–H and O–H groups in total. The quantitative estimate of drug-likeness (QED) is 0.734. The van der Waals surface area contributed by atoms with Crippen molar-refractivity contribution in [2.24, 2.45) is 5.92 Å². The lowest BCUT2D eigenvalue weighted by Crippen LogP contribution is -2.39. The second-order valence-electron chi connectivity index (χ2n) is 7.61. The van der Waals surface area contributed by atoms with Gasteiger partial charge in [-0.2, -0.15) is 0 Å². The van der Waals surface area contributed by atoms with Gasteiger partial charge in [-0.3, -0.25) is 4.79 Å². The van der Waals surface area contributed by atoms with Crippen LogP contribution >= 0.6 is 0 Å². The van der Waals surface area contributed by atoms with E-state index in [4.69, 9.17) is 9.47 Å². The van der Waals surface area contributed by atoms with Gasteiger partial charge in [-0.05, 0) is 29.4 Å². The molecule has 0 bridgehead atoms. The predicted molar refractivity (Wildman–Crippen MR) is 98.2 cm³/mol. The highest BCUT2D eigenvalue weighted by atomic mass is 16.5. The van der Waals surface area contributed by atoms with E-state index in [1.165, 1.54) is 5.56 Å². The number of hydrogen-bond donors (Lipinski definition) is 1. The van der Waals surface area contributed by atoms with E-state index in [0.29, 0.717) is 19.1 Å². The van der Waals surface area contributed by atoms with Gasteiger partial charge in [0.15, 0.2) is 0 Å². The number of nitrogens with one attached hydrogen (secondary N) is 1. The van der Waals surface area contributed by atoms with Crippen molar-refractivity contribution in [1.82, 2.24) is 5.32 Å². The molecule has 0 fully saturated rings. The Balaban J connectivity index is 2.78. The molecule has 1 amide bonds. The van der Waals surface area contributed by atoms with Crippen LogP contribution in [0.2, 0.25) is 0 Å². The molecule has 1 aromatic rings. The van der Waals surface area contributed by atoms with E-state index in [9.17, 15) is 4.79 Å². The van der Waals surface area contributed by atoms with Crippen molar-refractivity contribution in [3.05, 3.63) is 35.4 Å². The van der Waals surface area contributed by atoms with Crippen LogP contribution in [0.25, 0.3) is 0 Å². The fourth-order valence-corrected chi connectivity index (χ4v) is 2.48. The number of amides is 1. The minimum atomic E-state index is -0.491. The predicted octanol–water partition coefficient (Wildman–Crippen LogP) is 3.85. The van der Waals surface area contributed by atoms with Gasteiger partial charge in [0.2, 0.25) is 5.91 Å². The van der Waals surface area contributed by atoms with Gasteiger partial charge in [0, 0.05) is 7.11 Å². The van der Waals surface area contributed by atoms with E-state index in [2.05, 4.69) is 64.2 Å². The average molecular weight is 335 g/mol. The van der Waals surface area contributed by atoms with Crippen molar-refractivity contribution in [1.29, 1.82) is 0 Å². The summed E-state index contributed by atoms with van der Waals surface area (Å²) in [6.07, 6.45) is -0.491. The highest BCUT2D eigenvalue weighted by Crippen LogP contribution is 2.26. The number of carbonyl (C=O) groups excluding carboxylic acids is 1. The third-order valence-corrected chi connectivity index (χ3v) is 4.12. The molecule has 0 aliphatic heterocycles. The summed E-state index contributed by atoms with van der Waals surface area (Å²) in [7, 11) is 1.62. The van der Waals surface area contributed by atoms with Crippen LogP contribution in [-0.2, 0) is 19.7 Å². The summed E-state index contributed by atoms with van der Waals surface area (Å²) < 4.78 is 10.4. The molecule has 24 heavy (non-hydrogen) atoms. The van der Waals surface area contributed by atoms with Crippen molar-refractivity contribution in [3.8, 4) is 0 Å². The highest BCUT2D eigenvalue weighted by Gasteiger charge is 2.22. The summed E-state index contributed by atoms with van der Waals surface area (Å²) in [6, 6.07) is 8.49. The Kier molecular flexibility index (Phi) is 7.91. The van der Waals surface area contributed by atoms with Crippen LogP contribution in [-0.4, -0.2) is 32.3 Å². The molecule has 0 saturated heterocycles. The molecule has 4 heteroatoms. The Morgan fingerprint density at radius 3 is 2.12 bits per heavy atom. The van der Waals surface area contributed by atoms with Gasteiger partial charge >= 0.3 is 0 Å². The van der Waals surface area contributed by atoms with Crippen molar-refractivity contribution in [2.45, 2.75) is 59.1 Å². The van der Waals surface area contributed by atoms with Gasteiger partial charge in [0.1, 0.15) is 6.10 Å². The Hall–Kier alpha value is -1.39. The summed E-state index contributed by atoms with van der Waals surface area (Å²) >= 11 is 0. The standard InChI is InChI=1S/C20H33NO3/c1-14(2)18(21-19(22)15(3)24-13-12-23-7)16-8-10-17(11-9-16)20(4,5)6/h8-11,14-15,18H,12-13H2,1-7H3,(H,21,22). The van der Waals surface area contributed by atoms with Gasteiger partial charge in [0.05, 0.1) is 19.3 Å². The zero-order valence-electron chi connectivity index (χ0n) is 16.2. The molecular weight excluding hydrogens is 302 g/mol. The number of methoxy groups -OCH3 is 1. The van der Waals surface area contributed by atoms with Crippen LogP contribution in [0.3, 0.4) is 0 Å². The Morgan fingerprint density at radius 2 is 1.67 bits per heavy atom. The Morgan fingerprint density at radius 1 is 1.08 bits per heavy atom. The molecule has 1 aromatic carbocycles. The lowest BCUT2D eigenvalue weighted by atomic mass is 9.85. The van der Waals surface area contributed by atoms with Crippen molar-refractivity contribution in [3.63, 3.8) is 0 Å². The molecule has 0 aromatic heterocycles. The molecule has 0 saturated carbocycles. The first kappa shape index (κ1) is 20.7. The first-order valence-corrected chi connectivity index (χ1v) is 8.68. The van der Waals surface area contributed by atoms with Crippen LogP contribution in [0, 0.1) is 5.92 Å². The molecular formula is C20H33NO3. The Bertz CT molecular complexity index is 503. The van der Waals surface area contributed by atoms with Crippen molar-refractivity contribution >= 4 is 5.91 Å². The fraction of sp³-hybridized carbons (Fsp3) is 0.650. The van der Waals surface area contributed by atoms with Crippen LogP contribution < -0.4 is 5.32 Å². The first-order valence-electron chi connectivity index (χ1n) is 8.68. The zero-order chi connectivity index (χ0) is 18.3. The maximum Gasteiger partial charge on any atom is 0.249 e.